The molecule has 0 N–H and O–H groups in total. The van der Waals surface area contributed by atoms with Gasteiger partial charge in [-0.3, -0.25) is 9.59 Å². The summed E-state index contributed by atoms with van der Waals surface area (Å²) in [4.78, 5) is 28.1. The predicted molar refractivity (Wildman–Crippen MR) is 92.3 cm³/mol. The van der Waals surface area contributed by atoms with E-state index in [1.807, 2.05) is 19.1 Å². The minimum Gasteiger partial charge on any atom is -0.464 e. The third-order valence-electron chi connectivity index (χ3n) is 4.09. The van der Waals surface area contributed by atoms with Crippen molar-refractivity contribution < 1.29 is 14.0 Å². The van der Waals surface area contributed by atoms with E-state index in [2.05, 4.69) is 0 Å². The molecule has 0 atom stereocenters. The van der Waals surface area contributed by atoms with E-state index >= 15 is 0 Å². The topological polar surface area (TPSA) is 53.8 Å². The minimum absolute atomic E-state index is 0.0237. The summed E-state index contributed by atoms with van der Waals surface area (Å²) in [6.07, 6.45) is 1.29. The van der Waals surface area contributed by atoms with Crippen LogP contribution in [0, 0.1) is 6.92 Å². The lowest BCUT2D eigenvalue weighted by Crippen LogP contribution is -2.30. The number of aryl methyl sites for hydroxylation is 1. The van der Waals surface area contributed by atoms with Gasteiger partial charge in [-0.2, -0.15) is 0 Å². The number of furan rings is 1. The van der Waals surface area contributed by atoms with Crippen LogP contribution in [0.15, 0.2) is 34.7 Å². The molecule has 0 spiro atoms. The highest BCUT2D eigenvalue weighted by Gasteiger charge is 2.27. The molecule has 2 heterocycles. The second-order valence-corrected chi connectivity index (χ2v) is 6.42. The van der Waals surface area contributed by atoms with E-state index in [0.29, 0.717) is 35.8 Å². The lowest BCUT2D eigenvalue weighted by atomic mass is 10.1. The van der Waals surface area contributed by atoms with Gasteiger partial charge >= 0.3 is 0 Å². The summed E-state index contributed by atoms with van der Waals surface area (Å²) >= 11 is 6.08. The highest BCUT2D eigenvalue weighted by atomic mass is 35.5. The molecule has 0 bridgehead atoms. The van der Waals surface area contributed by atoms with E-state index < -0.39 is 0 Å². The third kappa shape index (κ3) is 3.31. The summed E-state index contributed by atoms with van der Waals surface area (Å²) in [6, 6.07) is 8.75. The molecule has 0 aliphatic carbocycles. The van der Waals surface area contributed by atoms with E-state index in [1.165, 1.54) is 0 Å². The Labute approximate surface area is 145 Å². The van der Waals surface area contributed by atoms with Crippen molar-refractivity contribution in [3.63, 3.8) is 0 Å². The number of nitrogens with zero attached hydrogens (tertiary/aromatic N) is 2. The zero-order chi connectivity index (χ0) is 17.3. The fourth-order valence-corrected chi connectivity index (χ4v) is 3.06. The Kier molecular flexibility index (Phi) is 4.62. The number of carbonyl (C=O) groups is 2. The van der Waals surface area contributed by atoms with E-state index in [4.69, 9.17) is 16.0 Å². The van der Waals surface area contributed by atoms with Gasteiger partial charge in [-0.15, -0.1) is 0 Å². The van der Waals surface area contributed by atoms with Crippen LogP contribution in [0.5, 0.6) is 0 Å². The van der Waals surface area contributed by atoms with Gasteiger partial charge in [0.2, 0.25) is 5.91 Å². The zero-order valence-corrected chi connectivity index (χ0v) is 14.5. The summed E-state index contributed by atoms with van der Waals surface area (Å²) in [5.74, 6) is 1.38. The van der Waals surface area contributed by atoms with Gasteiger partial charge in [0, 0.05) is 25.0 Å². The Bertz CT molecular complexity index is 784. The van der Waals surface area contributed by atoms with Crippen molar-refractivity contribution in [3.8, 4) is 0 Å². The van der Waals surface area contributed by atoms with Crippen LogP contribution in [-0.2, 0) is 11.3 Å². The van der Waals surface area contributed by atoms with Crippen molar-refractivity contribution in [1.82, 2.24) is 4.90 Å². The normalized spacial score (nSPS) is 14.3. The standard InChI is InChI=1S/C18H19ClN2O3/c1-12-5-7-14(24-12)11-20(2)18(23)15-8-6-13(19)10-16(15)21-9-3-4-17(21)22/h5-8,10H,3-4,9,11H2,1-2H3. The fraction of sp³-hybridized carbons (Fsp3) is 0.333. The second kappa shape index (κ2) is 6.69. The Morgan fingerprint density at radius 2 is 2.12 bits per heavy atom. The molecule has 2 amide bonds. The van der Waals surface area contributed by atoms with Crippen LogP contribution in [0.1, 0.15) is 34.7 Å². The van der Waals surface area contributed by atoms with Gasteiger partial charge in [0.05, 0.1) is 17.8 Å². The molecule has 0 radical (unpaired) electrons. The molecule has 0 saturated carbocycles. The third-order valence-corrected chi connectivity index (χ3v) is 4.33. The van der Waals surface area contributed by atoms with Crippen LogP contribution in [0.3, 0.4) is 0 Å². The van der Waals surface area contributed by atoms with E-state index in [1.54, 1.807) is 35.0 Å². The van der Waals surface area contributed by atoms with Crippen LogP contribution in [0.4, 0.5) is 5.69 Å². The monoisotopic (exact) mass is 346 g/mol. The first-order chi connectivity index (χ1) is 11.5. The summed E-state index contributed by atoms with van der Waals surface area (Å²) in [6.45, 7) is 2.84. The van der Waals surface area contributed by atoms with Crippen molar-refractivity contribution in [2.45, 2.75) is 26.3 Å². The number of rotatable bonds is 4. The lowest BCUT2D eigenvalue weighted by Gasteiger charge is -2.23. The molecule has 3 rings (SSSR count). The molecule has 1 aromatic heterocycles. The Balaban J connectivity index is 1.87. The maximum absolute atomic E-state index is 12.9. The van der Waals surface area contributed by atoms with Gasteiger partial charge in [0.1, 0.15) is 11.5 Å². The molecule has 6 heteroatoms. The molecule has 1 aliphatic heterocycles. The van der Waals surface area contributed by atoms with Gasteiger partial charge in [-0.05, 0) is 43.7 Å². The molecular formula is C18H19ClN2O3. The van der Waals surface area contributed by atoms with Crippen LogP contribution in [-0.4, -0.2) is 30.3 Å². The molecule has 24 heavy (non-hydrogen) atoms. The Hall–Kier alpha value is -2.27. The molecular weight excluding hydrogens is 328 g/mol. The summed E-state index contributed by atoms with van der Waals surface area (Å²) in [5, 5.41) is 0.505. The molecule has 1 aliphatic rings. The van der Waals surface area contributed by atoms with Gasteiger partial charge in [0.25, 0.3) is 5.91 Å². The van der Waals surface area contributed by atoms with E-state index in [9.17, 15) is 9.59 Å². The maximum atomic E-state index is 12.9. The molecule has 2 aromatic rings. The summed E-state index contributed by atoms with van der Waals surface area (Å²) in [7, 11) is 1.71. The predicted octanol–water partition coefficient (Wildman–Crippen LogP) is 3.64. The number of benzene rings is 1. The van der Waals surface area contributed by atoms with Crippen LogP contribution in [0.2, 0.25) is 5.02 Å². The SMILES string of the molecule is Cc1ccc(CN(C)C(=O)c2ccc(Cl)cc2N2CCCC2=O)o1. The molecule has 126 valence electrons. The smallest absolute Gasteiger partial charge is 0.256 e. The molecule has 1 aromatic carbocycles. The fourth-order valence-electron chi connectivity index (χ4n) is 2.89. The van der Waals surface area contributed by atoms with Gasteiger partial charge in [-0.1, -0.05) is 11.6 Å². The maximum Gasteiger partial charge on any atom is 0.256 e. The van der Waals surface area contributed by atoms with Gasteiger partial charge < -0.3 is 14.2 Å². The molecule has 5 nitrogen and oxygen atoms in total. The highest BCUT2D eigenvalue weighted by Crippen LogP contribution is 2.29. The first kappa shape index (κ1) is 16.6. The average molecular weight is 347 g/mol. The number of amides is 2. The van der Waals surface area contributed by atoms with Crippen molar-refractivity contribution >= 4 is 29.1 Å². The number of halogens is 1. The van der Waals surface area contributed by atoms with Crippen LogP contribution in [0.25, 0.3) is 0 Å². The first-order valence-electron chi connectivity index (χ1n) is 7.86. The van der Waals surface area contributed by atoms with Crippen molar-refractivity contribution in [3.05, 3.63) is 52.4 Å². The molecule has 1 saturated heterocycles. The van der Waals surface area contributed by atoms with Crippen molar-refractivity contribution in [2.24, 2.45) is 0 Å². The van der Waals surface area contributed by atoms with Crippen molar-refractivity contribution in [2.75, 3.05) is 18.5 Å². The number of carbonyl (C=O) groups excluding carboxylic acids is 2. The van der Waals surface area contributed by atoms with Crippen molar-refractivity contribution in [1.29, 1.82) is 0 Å². The molecule has 1 fully saturated rings. The lowest BCUT2D eigenvalue weighted by molar-refractivity contribution is -0.117. The Morgan fingerprint density at radius 3 is 2.75 bits per heavy atom. The number of hydrogen-bond acceptors (Lipinski definition) is 3. The second-order valence-electron chi connectivity index (χ2n) is 5.98. The molecule has 0 unspecified atom stereocenters. The number of hydrogen-bond donors (Lipinski definition) is 0. The quantitative estimate of drug-likeness (QED) is 0.849. The van der Waals surface area contributed by atoms with Gasteiger partial charge in [-0.25, -0.2) is 0 Å². The summed E-state index contributed by atoms with van der Waals surface area (Å²) in [5.41, 5.74) is 1.05. The largest absolute Gasteiger partial charge is 0.464 e. The summed E-state index contributed by atoms with van der Waals surface area (Å²) < 4.78 is 5.53. The van der Waals surface area contributed by atoms with E-state index in [-0.39, 0.29) is 11.8 Å². The van der Waals surface area contributed by atoms with Crippen LogP contribution >= 0.6 is 11.6 Å². The first-order valence-corrected chi connectivity index (χ1v) is 8.24. The zero-order valence-electron chi connectivity index (χ0n) is 13.7. The Morgan fingerprint density at radius 1 is 1.33 bits per heavy atom. The number of anilines is 1. The van der Waals surface area contributed by atoms with Gasteiger partial charge in [0.15, 0.2) is 0 Å². The average Bonchev–Trinajstić information content (AvgIpc) is 3.15. The van der Waals surface area contributed by atoms with E-state index in [0.717, 1.165) is 17.9 Å². The highest BCUT2D eigenvalue weighted by molar-refractivity contribution is 6.31. The van der Waals surface area contributed by atoms with Crippen LogP contribution < -0.4 is 4.90 Å². The minimum atomic E-state index is -0.171.